The highest BCUT2D eigenvalue weighted by Crippen LogP contribution is 2.39. The van der Waals surface area contributed by atoms with Crippen LogP contribution in [0.25, 0.3) is 78.0 Å². The summed E-state index contributed by atoms with van der Waals surface area (Å²) in [5.74, 6) is 0. The maximum Gasteiger partial charge on any atom is 0.0712 e. The Balaban J connectivity index is 0.000000173. The first kappa shape index (κ1) is 32.7. The third-order valence-corrected chi connectivity index (χ3v) is 9.74. The molecule has 0 fully saturated rings. The number of aromatic nitrogens is 2. The lowest BCUT2D eigenvalue weighted by Gasteiger charge is -2.09. The number of fused-ring (bicyclic) bond motifs is 5. The third kappa shape index (κ3) is 6.43. The van der Waals surface area contributed by atoms with Crippen LogP contribution in [-0.2, 0) is 0 Å². The standard InChI is InChI=1S/C32H25N.C18H15N/c1-3-9-24-20-25(15-14-22(24)2)26-17-18-30-29(21-26)32-28-13-8-7-10-23(28)16-19-31(32)33(30)27-11-5-4-6-12-27;1-14-12-17(15-8-4-2-5-9-15)19-18(13-14)16-10-6-3-7-11-16/h3-21H,1-2H3;2-13H,1H3/b9-3-;. The Bertz CT molecular complexity index is 2630. The highest BCUT2D eigenvalue weighted by Gasteiger charge is 2.16. The van der Waals surface area contributed by atoms with Crippen LogP contribution in [0.2, 0.25) is 0 Å². The summed E-state index contributed by atoms with van der Waals surface area (Å²) in [6.07, 6.45) is 4.29. The van der Waals surface area contributed by atoms with Crippen molar-refractivity contribution in [3.63, 3.8) is 0 Å². The topological polar surface area (TPSA) is 17.8 Å². The second kappa shape index (κ2) is 14.4. The molecule has 0 spiro atoms. The number of benzene rings is 7. The SMILES string of the molecule is C/C=C\c1cc(-c2ccc3c(c2)c2c4ccccc4ccc2n3-c2ccccc2)ccc1C.Cc1cc(-c2ccccc2)nc(-c2ccccc2)c1. The molecular weight excluding hydrogens is 629 g/mol. The van der Waals surface area contributed by atoms with Gasteiger partial charge < -0.3 is 4.57 Å². The summed E-state index contributed by atoms with van der Waals surface area (Å²) in [4.78, 5) is 4.77. The Kier molecular flexibility index (Phi) is 9.04. The molecule has 7 aromatic carbocycles. The molecule has 0 radical (unpaired) electrons. The number of rotatable bonds is 5. The second-order valence-electron chi connectivity index (χ2n) is 13.3. The van der Waals surface area contributed by atoms with Crippen LogP contribution in [0.15, 0.2) is 182 Å². The summed E-state index contributed by atoms with van der Waals surface area (Å²) >= 11 is 0. The molecule has 0 aliphatic heterocycles. The number of hydrogen-bond donors (Lipinski definition) is 0. The van der Waals surface area contributed by atoms with E-state index in [9.17, 15) is 0 Å². The van der Waals surface area contributed by atoms with E-state index in [1.807, 2.05) is 36.4 Å². The van der Waals surface area contributed by atoms with Gasteiger partial charge in [0.1, 0.15) is 0 Å². The molecule has 9 rings (SSSR count). The molecule has 0 aliphatic rings. The predicted octanol–water partition coefficient (Wildman–Crippen LogP) is 13.7. The van der Waals surface area contributed by atoms with Crippen molar-refractivity contribution in [3.8, 4) is 39.3 Å². The van der Waals surface area contributed by atoms with Gasteiger partial charge in [-0.1, -0.05) is 140 Å². The van der Waals surface area contributed by atoms with Crippen LogP contribution < -0.4 is 0 Å². The van der Waals surface area contributed by atoms with Gasteiger partial charge in [-0.3, -0.25) is 0 Å². The van der Waals surface area contributed by atoms with Gasteiger partial charge in [-0.05, 0) is 108 Å². The molecule has 52 heavy (non-hydrogen) atoms. The highest BCUT2D eigenvalue weighted by molar-refractivity contribution is 6.21. The van der Waals surface area contributed by atoms with E-state index in [4.69, 9.17) is 4.98 Å². The van der Waals surface area contributed by atoms with Gasteiger partial charge >= 0.3 is 0 Å². The number of hydrogen-bond acceptors (Lipinski definition) is 1. The average Bonchev–Trinajstić information content (AvgIpc) is 3.54. The molecule has 2 heterocycles. The fourth-order valence-corrected chi connectivity index (χ4v) is 7.19. The smallest absolute Gasteiger partial charge is 0.0712 e. The summed E-state index contributed by atoms with van der Waals surface area (Å²) in [5, 5.41) is 5.17. The van der Waals surface area contributed by atoms with E-state index in [1.54, 1.807) is 0 Å². The van der Waals surface area contributed by atoms with E-state index >= 15 is 0 Å². The van der Waals surface area contributed by atoms with Gasteiger partial charge in [0.05, 0.1) is 22.4 Å². The zero-order valence-electron chi connectivity index (χ0n) is 29.8. The Hall–Kier alpha value is -6.51. The molecular formula is C50H40N2. The second-order valence-corrected chi connectivity index (χ2v) is 13.3. The Morgan fingerprint density at radius 3 is 1.73 bits per heavy atom. The predicted molar refractivity (Wildman–Crippen MR) is 223 cm³/mol. The van der Waals surface area contributed by atoms with Gasteiger partial charge in [0.15, 0.2) is 0 Å². The average molecular weight is 669 g/mol. The first-order chi connectivity index (χ1) is 25.6. The number of allylic oxidation sites excluding steroid dienone is 1. The van der Waals surface area contributed by atoms with Crippen LogP contribution in [0, 0.1) is 13.8 Å². The molecule has 250 valence electrons. The lowest BCUT2D eigenvalue weighted by atomic mass is 9.97. The minimum absolute atomic E-state index is 1.03. The maximum absolute atomic E-state index is 4.77. The van der Waals surface area contributed by atoms with Crippen molar-refractivity contribution >= 4 is 38.7 Å². The molecule has 9 aromatic rings. The molecule has 0 saturated carbocycles. The van der Waals surface area contributed by atoms with Crippen LogP contribution in [0.1, 0.15) is 23.6 Å². The van der Waals surface area contributed by atoms with Crippen LogP contribution in [0.3, 0.4) is 0 Å². The van der Waals surface area contributed by atoms with Gasteiger partial charge in [0.25, 0.3) is 0 Å². The summed E-state index contributed by atoms with van der Waals surface area (Å²) in [6, 6.07) is 62.4. The molecule has 0 N–H and O–H groups in total. The van der Waals surface area contributed by atoms with Gasteiger partial charge in [-0.15, -0.1) is 0 Å². The molecule has 2 heteroatoms. The van der Waals surface area contributed by atoms with E-state index in [2.05, 4.69) is 177 Å². The van der Waals surface area contributed by atoms with Gasteiger partial charge in [0.2, 0.25) is 0 Å². The zero-order valence-corrected chi connectivity index (χ0v) is 29.8. The largest absolute Gasteiger partial charge is 0.309 e. The Morgan fingerprint density at radius 1 is 0.481 bits per heavy atom. The third-order valence-electron chi connectivity index (χ3n) is 9.74. The zero-order chi connectivity index (χ0) is 35.4. The quantitative estimate of drug-likeness (QED) is 0.178. The molecule has 2 aromatic heterocycles. The van der Waals surface area contributed by atoms with Crippen molar-refractivity contribution in [3.05, 3.63) is 199 Å². The first-order valence-electron chi connectivity index (χ1n) is 17.9. The van der Waals surface area contributed by atoms with E-state index in [1.165, 1.54) is 66.1 Å². The van der Waals surface area contributed by atoms with Crippen molar-refractivity contribution in [2.24, 2.45) is 0 Å². The maximum atomic E-state index is 4.77. The molecule has 0 unspecified atom stereocenters. The normalized spacial score (nSPS) is 11.3. The van der Waals surface area contributed by atoms with Crippen molar-refractivity contribution in [1.29, 1.82) is 0 Å². The molecule has 0 aliphatic carbocycles. The summed E-state index contributed by atoms with van der Waals surface area (Å²) in [7, 11) is 0. The number of para-hydroxylation sites is 1. The fourth-order valence-electron chi connectivity index (χ4n) is 7.19. The highest BCUT2D eigenvalue weighted by atomic mass is 15.0. The lowest BCUT2D eigenvalue weighted by molar-refractivity contribution is 1.18. The monoisotopic (exact) mass is 668 g/mol. The van der Waals surface area contributed by atoms with Crippen LogP contribution >= 0.6 is 0 Å². The Labute approximate surface area is 306 Å². The summed E-state index contributed by atoms with van der Waals surface area (Å²) < 4.78 is 2.39. The van der Waals surface area contributed by atoms with Crippen LogP contribution in [0.4, 0.5) is 0 Å². The Morgan fingerprint density at radius 2 is 1.06 bits per heavy atom. The molecule has 0 amide bonds. The van der Waals surface area contributed by atoms with E-state index in [0.717, 1.165) is 22.5 Å². The minimum Gasteiger partial charge on any atom is -0.309 e. The van der Waals surface area contributed by atoms with Gasteiger partial charge in [-0.25, -0.2) is 4.98 Å². The van der Waals surface area contributed by atoms with Crippen molar-refractivity contribution < 1.29 is 0 Å². The molecule has 0 bridgehead atoms. The fraction of sp³-hybridized carbons (Fsp3) is 0.0600. The van der Waals surface area contributed by atoms with Gasteiger partial charge in [0, 0.05) is 27.6 Å². The van der Waals surface area contributed by atoms with E-state index < -0.39 is 0 Å². The lowest BCUT2D eigenvalue weighted by Crippen LogP contribution is -1.93. The van der Waals surface area contributed by atoms with Crippen molar-refractivity contribution in [2.45, 2.75) is 20.8 Å². The van der Waals surface area contributed by atoms with E-state index in [0.29, 0.717) is 0 Å². The van der Waals surface area contributed by atoms with Crippen molar-refractivity contribution in [1.82, 2.24) is 9.55 Å². The summed E-state index contributed by atoms with van der Waals surface area (Å²) in [5.41, 5.74) is 14.3. The molecule has 2 nitrogen and oxygen atoms in total. The van der Waals surface area contributed by atoms with Crippen molar-refractivity contribution in [2.75, 3.05) is 0 Å². The molecule has 0 atom stereocenters. The molecule has 0 saturated heterocycles. The first-order valence-corrected chi connectivity index (χ1v) is 17.9. The van der Waals surface area contributed by atoms with Crippen LogP contribution in [-0.4, -0.2) is 9.55 Å². The van der Waals surface area contributed by atoms with E-state index in [-0.39, 0.29) is 0 Å². The number of pyridine rings is 1. The number of nitrogens with zero attached hydrogens (tertiary/aromatic N) is 2. The van der Waals surface area contributed by atoms with Gasteiger partial charge in [-0.2, -0.15) is 0 Å². The number of aryl methyl sites for hydroxylation is 2. The summed E-state index contributed by atoms with van der Waals surface area (Å²) in [6.45, 7) is 6.35. The van der Waals surface area contributed by atoms with Crippen LogP contribution in [0.5, 0.6) is 0 Å². The minimum atomic E-state index is 1.03.